The van der Waals surface area contributed by atoms with E-state index in [1.807, 2.05) is 48.6 Å². The van der Waals surface area contributed by atoms with Crippen molar-refractivity contribution in [2.75, 3.05) is 0 Å². The Balaban J connectivity index is 1.46. The van der Waals surface area contributed by atoms with Crippen LogP contribution in [0.2, 0.25) is 0 Å². The molecular formula is C35H24NO4+. The molecule has 1 aliphatic heterocycles. The number of hydrogen-bond donors (Lipinski definition) is 0. The molecule has 0 saturated heterocycles. The third-order valence-corrected chi connectivity index (χ3v) is 7.49. The number of ketones is 1. The first-order chi connectivity index (χ1) is 19.7. The van der Waals surface area contributed by atoms with Crippen LogP contribution in [0.5, 0.6) is 17.2 Å². The van der Waals surface area contributed by atoms with Crippen LogP contribution in [-0.2, 0) is 4.42 Å². The Morgan fingerprint density at radius 1 is 0.750 bits per heavy atom. The normalized spacial score (nSPS) is 16.2. The highest BCUT2D eigenvalue weighted by molar-refractivity contribution is 6.30. The van der Waals surface area contributed by atoms with Gasteiger partial charge in [0.2, 0.25) is 0 Å². The molecule has 0 spiro atoms. The summed E-state index contributed by atoms with van der Waals surface area (Å²) in [5.41, 5.74) is 12.7. The maximum Gasteiger partial charge on any atom is 0.369 e. The molecule has 3 aliphatic rings. The van der Waals surface area contributed by atoms with Gasteiger partial charge in [-0.05, 0) is 54.2 Å². The number of fused-ring (bicyclic) bond motifs is 3. The molecule has 0 amide bonds. The molecule has 7 rings (SSSR count). The molecule has 0 radical (unpaired) electrons. The van der Waals surface area contributed by atoms with Gasteiger partial charge in [-0.15, -0.1) is 0 Å². The monoisotopic (exact) mass is 522 g/mol. The van der Waals surface area contributed by atoms with Gasteiger partial charge in [0.1, 0.15) is 17.1 Å². The summed E-state index contributed by atoms with van der Waals surface area (Å²) in [4.78, 5) is 10.7. The van der Waals surface area contributed by atoms with Crippen molar-refractivity contribution in [3.63, 3.8) is 0 Å². The van der Waals surface area contributed by atoms with E-state index in [0.29, 0.717) is 11.5 Å². The number of nitrogens with zero attached hydrogens (tertiary/aromatic N) is 1. The summed E-state index contributed by atoms with van der Waals surface area (Å²) in [5, 5.41) is 11.1. The van der Waals surface area contributed by atoms with Gasteiger partial charge in [-0.2, -0.15) is 0 Å². The summed E-state index contributed by atoms with van der Waals surface area (Å²) < 4.78 is 12.6. The first kappa shape index (κ1) is 23.8. The van der Waals surface area contributed by atoms with Gasteiger partial charge in [-0.3, -0.25) is 10.1 Å². The fourth-order valence-electron chi connectivity index (χ4n) is 5.65. The lowest BCUT2D eigenvalue weighted by Gasteiger charge is -2.24. The summed E-state index contributed by atoms with van der Waals surface area (Å²) in [6.07, 6.45) is 6.88. The van der Waals surface area contributed by atoms with Crippen LogP contribution in [-0.4, -0.2) is 10.7 Å². The Hall–Kier alpha value is -5.25. The smallest absolute Gasteiger partial charge is 0.369 e. The molecule has 0 atom stereocenters. The van der Waals surface area contributed by atoms with Gasteiger partial charge in [0.25, 0.3) is 5.69 Å². The Kier molecular flexibility index (Phi) is 5.85. The lowest BCUT2D eigenvalue weighted by Crippen LogP contribution is -2.07. The number of benzene rings is 4. The molecule has 4 aromatic carbocycles. The first-order valence-electron chi connectivity index (χ1n) is 13.3. The van der Waals surface area contributed by atoms with E-state index in [-0.39, 0.29) is 5.69 Å². The zero-order valence-corrected chi connectivity index (χ0v) is 21.6. The zero-order valence-electron chi connectivity index (χ0n) is 21.6. The van der Waals surface area contributed by atoms with Crippen molar-refractivity contribution >= 4 is 28.7 Å². The number of allylic oxidation sites excluding steroid dienone is 3. The van der Waals surface area contributed by atoms with Crippen molar-refractivity contribution in [2.45, 2.75) is 19.3 Å². The second-order valence-corrected chi connectivity index (χ2v) is 9.92. The predicted molar refractivity (Wildman–Crippen MR) is 156 cm³/mol. The molecule has 0 N–H and O–H groups in total. The van der Waals surface area contributed by atoms with Crippen LogP contribution in [0.4, 0.5) is 5.69 Å². The minimum atomic E-state index is -0.412. The molecular weight excluding hydrogens is 498 g/mol. The van der Waals surface area contributed by atoms with E-state index < -0.39 is 4.92 Å². The number of carbonyl (C=O) groups excluding carboxylic acids is 1. The average Bonchev–Trinajstić information content (AvgIpc) is 3.45. The number of nitro benzene ring substituents is 1. The fourth-order valence-corrected chi connectivity index (χ4v) is 5.65. The summed E-state index contributed by atoms with van der Waals surface area (Å²) in [6.45, 7) is 0. The average molecular weight is 523 g/mol. The maximum absolute atomic E-state index is 11.1. The maximum atomic E-state index is 11.1. The van der Waals surface area contributed by atoms with Gasteiger partial charge in [-0.25, -0.2) is 4.42 Å². The van der Waals surface area contributed by atoms with Gasteiger partial charge >= 0.3 is 11.5 Å². The molecule has 0 bridgehead atoms. The van der Waals surface area contributed by atoms with Gasteiger partial charge in [0.05, 0.1) is 4.92 Å². The van der Waals surface area contributed by atoms with Crippen molar-refractivity contribution in [3.8, 4) is 17.2 Å². The zero-order chi connectivity index (χ0) is 27.1. The van der Waals surface area contributed by atoms with Crippen LogP contribution in [0, 0.1) is 10.1 Å². The van der Waals surface area contributed by atoms with Crippen LogP contribution >= 0.6 is 0 Å². The molecule has 1 heterocycles. The van der Waals surface area contributed by atoms with E-state index in [1.54, 1.807) is 12.1 Å². The van der Waals surface area contributed by atoms with Gasteiger partial charge < -0.3 is 4.74 Å². The van der Waals surface area contributed by atoms with Crippen LogP contribution in [0.25, 0.3) is 17.2 Å². The van der Waals surface area contributed by atoms with Gasteiger partial charge in [-0.1, -0.05) is 66.4 Å². The van der Waals surface area contributed by atoms with E-state index >= 15 is 0 Å². The second kappa shape index (κ2) is 9.81. The van der Waals surface area contributed by atoms with Crippen LogP contribution < -0.4 is 4.74 Å². The molecule has 1 saturated carbocycles. The van der Waals surface area contributed by atoms with E-state index in [9.17, 15) is 10.1 Å². The molecule has 0 aromatic heterocycles. The predicted octanol–water partition coefficient (Wildman–Crippen LogP) is 8.84. The standard InChI is InChI=1S/C35H24NO4/c37-36(38)25-17-19-26(20-18-25)39-34-21-16-23-8-1-2-10-27(23)31(34)22-24-9-7-13-28(24)35-29-11-3-5-14-32(29)40-33-15-6-4-12-30(33)35/h1-6,8,10-12,14-21H,7,9,13H2/q+1. The summed E-state index contributed by atoms with van der Waals surface area (Å²) in [6, 6.07) is 30.8. The topological polar surface area (TPSA) is 63.7 Å². The highest BCUT2D eigenvalue weighted by atomic mass is 16.6. The quantitative estimate of drug-likeness (QED) is 0.0765. The van der Waals surface area contributed by atoms with Crippen molar-refractivity contribution in [1.29, 1.82) is 0 Å². The number of rotatable bonds is 2. The highest BCUT2D eigenvalue weighted by Gasteiger charge is 2.30. The minimum Gasteiger partial charge on any atom is -0.456 e. The van der Waals surface area contributed by atoms with E-state index in [0.717, 1.165) is 64.2 Å². The molecule has 5 heteroatoms. The first-order valence-corrected chi connectivity index (χ1v) is 13.3. The van der Waals surface area contributed by atoms with Crippen molar-refractivity contribution < 1.29 is 14.1 Å². The Morgan fingerprint density at radius 3 is 2.10 bits per heavy atom. The van der Waals surface area contributed by atoms with Crippen molar-refractivity contribution in [3.05, 3.63) is 152 Å². The summed E-state index contributed by atoms with van der Waals surface area (Å²) in [5.74, 6) is 2.92. The molecule has 40 heavy (non-hydrogen) atoms. The number of non-ortho nitro benzene ring substituents is 1. The van der Waals surface area contributed by atoms with Crippen LogP contribution in [0.15, 0.2) is 120 Å². The number of hydrogen-bond acceptors (Lipinski definition) is 3. The molecule has 2 aliphatic carbocycles. The summed E-state index contributed by atoms with van der Waals surface area (Å²) in [7, 11) is 0. The van der Waals surface area contributed by atoms with Gasteiger partial charge in [0.15, 0.2) is 0 Å². The third-order valence-electron chi connectivity index (χ3n) is 7.49. The Labute approximate surface area is 231 Å². The second-order valence-electron chi connectivity index (χ2n) is 9.92. The summed E-state index contributed by atoms with van der Waals surface area (Å²) >= 11 is 0. The fraction of sp³-hybridized carbons (Fsp3) is 0.0857. The Bertz CT molecular complexity index is 1800. The lowest BCUT2D eigenvalue weighted by atomic mass is 9.87. The number of para-hydroxylation sites is 2. The molecule has 0 unspecified atom stereocenters. The SMILES string of the molecule is O=[N+]([O-])c1ccc([O+]=C2C=Cc3ccccc3C2=C=C2CCCC2=C2c3ccccc3Oc3ccccc32)cc1. The number of nitro groups is 1. The molecule has 4 aromatic rings. The molecule has 5 nitrogen and oxygen atoms in total. The Morgan fingerprint density at radius 2 is 1.40 bits per heavy atom. The lowest BCUT2D eigenvalue weighted by molar-refractivity contribution is -0.385. The van der Waals surface area contributed by atoms with Gasteiger partial charge in [0, 0.05) is 52.6 Å². The van der Waals surface area contributed by atoms with E-state index in [2.05, 4.69) is 42.1 Å². The minimum absolute atomic E-state index is 0.0269. The van der Waals surface area contributed by atoms with E-state index in [1.165, 1.54) is 23.3 Å². The number of ether oxygens (including phenoxy) is 1. The largest absolute Gasteiger partial charge is 0.456 e. The molecule has 192 valence electrons. The van der Waals surface area contributed by atoms with Crippen molar-refractivity contribution in [1.82, 2.24) is 0 Å². The highest BCUT2D eigenvalue weighted by Crippen LogP contribution is 2.48. The van der Waals surface area contributed by atoms with Crippen LogP contribution in [0.1, 0.15) is 41.5 Å². The van der Waals surface area contributed by atoms with Crippen molar-refractivity contribution in [2.24, 2.45) is 0 Å². The van der Waals surface area contributed by atoms with E-state index in [4.69, 9.17) is 9.16 Å². The molecule has 1 fully saturated rings. The third kappa shape index (κ3) is 4.19. The van der Waals surface area contributed by atoms with Crippen LogP contribution in [0.3, 0.4) is 0 Å².